The number of nitrogens with one attached hydrogen (secondary N) is 2. The summed E-state index contributed by atoms with van der Waals surface area (Å²) in [5, 5.41) is 15.4. The van der Waals surface area contributed by atoms with Gasteiger partial charge in [0.05, 0.1) is 0 Å². The zero-order valence-corrected chi connectivity index (χ0v) is 18.0. The van der Waals surface area contributed by atoms with Gasteiger partial charge in [-0.2, -0.15) is 5.26 Å². The molecular weight excluding hydrogens is 426 g/mol. The van der Waals surface area contributed by atoms with E-state index in [0.29, 0.717) is 22.0 Å². The van der Waals surface area contributed by atoms with Crippen LogP contribution in [0.1, 0.15) is 11.1 Å². The van der Waals surface area contributed by atoms with Crippen molar-refractivity contribution in [2.75, 3.05) is 17.2 Å². The Bertz CT molecular complexity index is 1180. The molecule has 0 spiro atoms. The van der Waals surface area contributed by atoms with E-state index in [1.165, 1.54) is 6.08 Å². The molecule has 0 radical (unpaired) electrons. The fraction of sp³-hybridized carbons (Fsp3) is 0.0800. The third kappa shape index (κ3) is 6.46. The van der Waals surface area contributed by atoms with Crippen molar-refractivity contribution in [2.45, 2.75) is 6.92 Å². The van der Waals surface area contributed by atoms with E-state index >= 15 is 0 Å². The molecule has 3 aromatic carbocycles. The lowest BCUT2D eigenvalue weighted by molar-refractivity contribution is -0.118. The third-order valence-corrected chi connectivity index (χ3v) is 4.70. The summed E-state index contributed by atoms with van der Waals surface area (Å²) in [6.45, 7) is 1.77. The van der Waals surface area contributed by atoms with Gasteiger partial charge in [0.15, 0.2) is 6.61 Å². The lowest BCUT2D eigenvalue weighted by Crippen LogP contribution is -2.20. The smallest absolute Gasteiger partial charge is 0.266 e. The van der Waals surface area contributed by atoms with Crippen LogP contribution < -0.4 is 15.4 Å². The van der Waals surface area contributed by atoms with Crippen LogP contribution in [0.25, 0.3) is 6.08 Å². The largest absolute Gasteiger partial charge is 0.484 e. The molecule has 7 heteroatoms. The maximum atomic E-state index is 12.3. The second kappa shape index (κ2) is 10.8. The number of carbonyl (C=O) groups excluding carboxylic acids is 2. The fourth-order valence-electron chi connectivity index (χ4n) is 2.76. The van der Waals surface area contributed by atoms with Crippen LogP contribution in [0, 0.1) is 18.3 Å². The molecule has 0 fully saturated rings. The lowest BCUT2D eigenvalue weighted by Gasteiger charge is -2.09. The molecule has 0 saturated heterocycles. The monoisotopic (exact) mass is 445 g/mol. The SMILES string of the molecule is Cc1ccccc1NC(=O)COc1ccc(/C=C(/C#N)C(=O)Nc2ccc(Cl)cc2)cc1. The van der Waals surface area contributed by atoms with Gasteiger partial charge in [0.1, 0.15) is 17.4 Å². The molecule has 0 aliphatic carbocycles. The molecule has 2 amide bonds. The van der Waals surface area contributed by atoms with Crippen molar-refractivity contribution >= 4 is 40.9 Å². The topological polar surface area (TPSA) is 91.2 Å². The summed E-state index contributed by atoms with van der Waals surface area (Å²) in [7, 11) is 0. The van der Waals surface area contributed by atoms with Gasteiger partial charge in [0, 0.05) is 16.4 Å². The number of carbonyl (C=O) groups is 2. The summed E-state index contributed by atoms with van der Waals surface area (Å²) in [4.78, 5) is 24.4. The molecule has 0 aromatic heterocycles. The van der Waals surface area contributed by atoms with Crippen LogP contribution in [-0.4, -0.2) is 18.4 Å². The molecule has 0 atom stereocenters. The van der Waals surface area contributed by atoms with Gasteiger partial charge in [0.25, 0.3) is 11.8 Å². The minimum Gasteiger partial charge on any atom is -0.484 e. The Morgan fingerprint density at radius 1 is 1.00 bits per heavy atom. The third-order valence-electron chi connectivity index (χ3n) is 4.45. The van der Waals surface area contributed by atoms with Crippen molar-refractivity contribution in [3.8, 4) is 11.8 Å². The number of hydrogen-bond donors (Lipinski definition) is 2. The maximum Gasteiger partial charge on any atom is 0.266 e. The maximum absolute atomic E-state index is 12.3. The number of nitrogens with zero attached hydrogens (tertiary/aromatic N) is 1. The van der Waals surface area contributed by atoms with E-state index in [-0.39, 0.29) is 18.1 Å². The summed E-state index contributed by atoms with van der Waals surface area (Å²) >= 11 is 5.83. The Balaban J connectivity index is 1.57. The Morgan fingerprint density at radius 3 is 2.34 bits per heavy atom. The van der Waals surface area contributed by atoms with Gasteiger partial charge in [-0.05, 0) is 66.6 Å². The summed E-state index contributed by atoms with van der Waals surface area (Å²) in [6.07, 6.45) is 1.47. The summed E-state index contributed by atoms with van der Waals surface area (Å²) in [5.74, 6) is -0.303. The second-order valence-corrected chi connectivity index (χ2v) is 7.29. The standard InChI is InChI=1S/C25H20ClN3O3/c1-17-4-2-3-5-23(17)29-24(30)16-32-22-12-6-18(7-13-22)14-19(15-27)25(31)28-21-10-8-20(26)9-11-21/h2-14H,16H2,1H3,(H,28,31)(H,29,30)/b19-14-. The van der Waals surface area contributed by atoms with E-state index in [2.05, 4.69) is 10.6 Å². The molecule has 2 N–H and O–H groups in total. The number of hydrogen-bond acceptors (Lipinski definition) is 4. The zero-order valence-electron chi connectivity index (χ0n) is 17.3. The molecular formula is C25H20ClN3O3. The second-order valence-electron chi connectivity index (χ2n) is 6.85. The number of aryl methyl sites for hydroxylation is 1. The molecule has 0 saturated carbocycles. The van der Waals surface area contributed by atoms with Crippen LogP contribution in [0.3, 0.4) is 0 Å². The van der Waals surface area contributed by atoms with Gasteiger partial charge < -0.3 is 15.4 Å². The van der Waals surface area contributed by atoms with Crippen molar-refractivity contribution in [3.05, 3.63) is 94.5 Å². The molecule has 0 aliphatic rings. The molecule has 160 valence electrons. The van der Waals surface area contributed by atoms with Gasteiger partial charge in [0.2, 0.25) is 0 Å². The quantitative estimate of drug-likeness (QED) is 0.385. The molecule has 0 unspecified atom stereocenters. The van der Waals surface area contributed by atoms with Gasteiger partial charge in [-0.25, -0.2) is 0 Å². The number of rotatable bonds is 7. The summed E-state index contributed by atoms with van der Waals surface area (Å²) in [6, 6.07) is 22.7. The highest BCUT2D eigenvalue weighted by Gasteiger charge is 2.10. The Hall–Kier alpha value is -4.08. The highest BCUT2D eigenvalue weighted by atomic mass is 35.5. The van der Waals surface area contributed by atoms with E-state index in [0.717, 1.165) is 11.3 Å². The number of amides is 2. The number of benzene rings is 3. The normalized spacial score (nSPS) is 10.7. The van der Waals surface area contributed by atoms with E-state index < -0.39 is 5.91 Å². The van der Waals surface area contributed by atoms with Crippen molar-refractivity contribution in [2.24, 2.45) is 0 Å². The summed E-state index contributed by atoms with van der Waals surface area (Å²) in [5.41, 5.74) is 2.83. The molecule has 0 bridgehead atoms. The molecule has 32 heavy (non-hydrogen) atoms. The number of ether oxygens (including phenoxy) is 1. The first-order valence-electron chi connectivity index (χ1n) is 9.71. The minimum atomic E-state index is -0.525. The first kappa shape index (κ1) is 22.6. The van der Waals surface area contributed by atoms with Gasteiger partial charge in [-0.3, -0.25) is 9.59 Å². The van der Waals surface area contributed by atoms with Crippen molar-refractivity contribution in [1.82, 2.24) is 0 Å². The minimum absolute atomic E-state index is 0.0498. The van der Waals surface area contributed by atoms with E-state index in [9.17, 15) is 14.9 Å². The summed E-state index contributed by atoms with van der Waals surface area (Å²) < 4.78 is 5.51. The Morgan fingerprint density at radius 2 is 1.69 bits per heavy atom. The van der Waals surface area contributed by atoms with Crippen LogP contribution in [-0.2, 0) is 9.59 Å². The molecule has 3 aromatic rings. The Labute approximate surface area is 191 Å². The van der Waals surface area contributed by atoms with E-state index in [1.54, 1.807) is 48.5 Å². The van der Waals surface area contributed by atoms with E-state index in [1.807, 2.05) is 37.3 Å². The van der Waals surface area contributed by atoms with Crippen molar-refractivity contribution in [3.63, 3.8) is 0 Å². The molecule has 3 rings (SSSR count). The molecule has 0 aliphatic heterocycles. The highest BCUT2D eigenvalue weighted by Crippen LogP contribution is 2.18. The Kier molecular flexibility index (Phi) is 7.63. The number of para-hydroxylation sites is 1. The van der Waals surface area contributed by atoms with Gasteiger partial charge >= 0.3 is 0 Å². The van der Waals surface area contributed by atoms with Crippen LogP contribution in [0.2, 0.25) is 5.02 Å². The number of nitriles is 1. The zero-order chi connectivity index (χ0) is 22.9. The number of anilines is 2. The molecule has 6 nitrogen and oxygen atoms in total. The lowest BCUT2D eigenvalue weighted by atomic mass is 10.1. The van der Waals surface area contributed by atoms with Crippen LogP contribution >= 0.6 is 11.6 Å². The van der Waals surface area contributed by atoms with Gasteiger partial charge in [-0.15, -0.1) is 0 Å². The van der Waals surface area contributed by atoms with Crippen LogP contribution in [0.5, 0.6) is 5.75 Å². The van der Waals surface area contributed by atoms with Crippen molar-refractivity contribution < 1.29 is 14.3 Å². The highest BCUT2D eigenvalue weighted by molar-refractivity contribution is 6.30. The number of halogens is 1. The average Bonchev–Trinajstić information content (AvgIpc) is 2.80. The predicted molar refractivity (Wildman–Crippen MR) is 125 cm³/mol. The van der Waals surface area contributed by atoms with Crippen LogP contribution in [0.15, 0.2) is 78.4 Å². The van der Waals surface area contributed by atoms with Crippen LogP contribution in [0.4, 0.5) is 11.4 Å². The first-order valence-corrected chi connectivity index (χ1v) is 10.1. The van der Waals surface area contributed by atoms with E-state index in [4.69, 9.17) is 16.3 Å². The predicted octanol–water partition coefficient (Wildman–Crippen LogP) is 5.21. The first-order chi connectivity index (χ1) is 15.4. The molecule has 0 heterocycles. The van der Waals surface area contributed by atoms with Crippen molar-refractivity contribution in [1.29, 1.82) is 5.26 Å². The fourth-order valence-corrected chi connectivity index (χ4v) is 2.88. The van der Waals surface area contributed by atoms with Gasteiger partial charge in [-0.1, -0.05) is 41.9 Å². The average molecular weight is 446 g/mol.